The Balaban J connectivity index is 0.00000225. The first-order chi connectivity index (χ1) is 12.5. The van der Waals surface area contributed by atoms with Crippen LogP contribution < -0.4 is 10.6 Å². The zero-order chi connectivity index (χ0) is 19.7. The summed E-state index contributed by atoms with van der Waals surface area (Å²) < 4.78 is 81.9. The van der Waals surface area contributed by atoms with Gasteiger partial charge in [-0.05, 0) is 50.4 Å². The van der Waals surface area contributed by atoms with E-state index in [0.717, 1.165) is 13.1 Å². The third-order valence-corrected chi connectivity index (χ3v) is 7.27. The highest BCUT2D eigenvalue weighted by Gasteiger charge is 2.73. The fourth-order valence-electron chi connectivity index (χ4n) is 6.31. The molecule has 5 fully saturated rings. The normalized spacial score (nSPS) is 38.5. The van der Waals surface area contributed by atoms with Gasteiger partial charge in [-0.15, -0.1) is 12.4 Å². The van der Waals surface area contributed by atoms with Crippen LogP contribution in [0.15, 0.2) is 0 Å². The van der Waals surface area contributed by atoms with Crippen molar-refractivity contribution in [2.75, 3.05) is 19.6 Å². The molecule has 1 amide bonds. The molecule has 0 aromatic rings. The molecule has 0 radical (unpaired) electrons. The standard InChI is InChI=1S/C18H24F6N2O.ClH/c19-13(18(22,23)24)17(20,21)16-4-10-1-11(5-16)3-15(2-10,9-16)14(27)26-8-12-6-25-7-12;/h10-13,25H,1-9H2,(H,26,27);1H. The van der Waals surface area contributed by atoms with Crippen LogP contribution in [0, 0.1) is 28.6 Å². The minimum absolute atomic E-state index is 0. The average Bonchev–Trinajstić information content (AvgIpc) is 2.50. The molecule has 2 N–H and O–H groups in total. The van der Waals surface area contributed by atoms with Gasteiger partial charge >= 0.3 is 6.18 Å². The Bertz CT molecular complexity index is 610. The molecule has 3 atom stereocenters. The molecule has 4 aliphatic carbocycles. The predicted molar refractivity (Wildman–Crippen MR) is 92.1 cm³/mol. The van der Waals surface area contributed by atoms with E-state index in [-0.39, 0.29) is 49.4 Å². The van der Waals surface area contributed by atoms with E-state index in [1.165, 1.54) is 0 Å². The van der Waals surface area contributed by atoms with Gasteiger partial charge in [-0.3, -0.25) is 4.79 Å². The first-order valence-electron chi connectivity index (χ1n) is 9.55. The molecule has 0 aromatic heterocycles. The third kappa shape index (κ3) is 3.30. The van der Waals surface area contributed by atoms with Crippen molar-refractivity contribution in [3.05, 3.63) is 0 Å². The summed E-state index contributed by atoms with van der Waals surface area (Å²) in [6.07, 6.45) is -8.95. The second-order valence-corrected chi connectivity index (χ2v) is 9.28. The van der Waals surface area contributed by atoms with E-state index >= 15 is 0 Å². The number of hydrogen-bond donors (Lipinski definition) is 2. The van der Waals surface area contributed by atoms with Crippen LogP contribution >= 0.6 is 12.4 Å². The molecule has 28 heavy (non-hydrogen) atoms. The van der Waals surface area contributed by atoms with E-state index in [2.05, 4.69) is 10.6 Å². The minimum Gasteiger partial charge on any atom is -0.355 e. The molecule has 5 aliphatic rings. The number of nitrogens with one attached hydrogen (secondary N) is 2. The van der Waals surface area contributed by atoms with Crippen LogP contribution in [0.4, 0.5) is 26.3 Å². The van der Waals surface area contributed by atoms with Crippen molar-refractivity contribution in [3.8, 4) is 0 Å². The second kappa shape index (κ2) is 6.93. The van der Waals surface area contributed by atoms with Gasteiger partial charge in [0.1, 0.15) is 0 Å². The van der Waals surface area contributed by atoms with Gasteiger partial charge in [0, 0.05) is 31.0 Å². The summed E-state index contributed by atoms with van der Waals surface area (Å²) in [4.78, 5) is 12.9. The molecule has 5 rings (SSSR count). The molecule has 1 aliphatic heterocycles. The topological polar surface area (TPSA) is 41.1 Å². The van der Waals surface area contributed by atoms with E-state index in [0.29, 0.717) is 31.7 Å². The van der Waals surface area contributed by atoms with Crippen LogP contribution in [0.25, 0.3) is 0 Å². The second-order valence-electron chi connectivity index (χ2n) is 9.28. The van der Waals surface area contributed by atoms with Gasteiger partial charge in [0.05, 0.1) is 5.41 Å². The summed E-state index contributed by atoms with van der Waals surface area (Å²) in [5.41, 5.74) is -3.17. The molecule has 3 nitrogen and oxygen atoms in total. The highest BCUT2D eigenvalue weighted by Crippen LogP contribution is 2.70. The summed E-state index contributed by atoms with van der Waals surface area (Å²) in [7, 11) is 0. The average molecular weight is 435 g/mol. The first-order valence-corrected chi connectivity index (χ1v) is 9.55. The molecule has 0 aromatic carbocycles. The van der Waals surface area contributed by atoms with Gasteiger partial charge in [0.25, 0.3) is 12.1 Å². The highest BCUT2D eigenvalue weighted by molar-refractivity contribution is 5.85. The Morgan fingerprint density at radius 2 is 1.64 bits per heavy atom. The summed E-state index contributed by atoms with van der Waals surface area (Å²) in [6, 6.07) is 0. The van der Waals surface area contributed by atoms with Crippen LogP contribution in [0.3, 0.4) is 0 Å². The minimum atomic E-state index is -5.61. The van der Waals surface area contributed by atoms with Crippen molar-refractivity contribution in [1.82, 2.24) is 10.6 Å². The maximum Gasteiger partial charge on any atom is 0.425 e. The van der Waals surface area contributed by atoms with Crippen LogP contribution in [0.5, 0.6) is 0 Å². The molecule has 3 unspecified atom stereocenters. The van der Waals surface area contributed by atoms with E-state index in [1.54, 1.807) is 0 Å². The van der Waals surface area contributed by atoms with Crippen LogP contribution in [-0.2, 0) is 4.79 Å². The Kier molecular flexibility index (Phi) is 5.44. The molecule has 4 bridgehead atoms. The summed E-state index contributed by atoms with van der Waals surface area (Å²) in [6.45, 7) is 1.98. The lowest BCUT2D eigenvalue weighted by atomic mass is 9.42. The van der Waals surface area contributed by atoms with E-state index in [9.17, 15) is 31.1 Å². The van der Waals surface area contributed by atoms with Gasteiger partial charge < -0.3 is 10.6 Å². The number of rotatable bonds is 5. The van der Waals surface area contributed by atoms with Gasteiger partial charge in [-0.2, -0.15) is 13.2 Å². The van der Waals surface area contributed by atoms with E-state index in [4.69, 9.17) is 0 Å². The lowest BCUT2D eigenvalue weighted by Gasteiger charge is -2.63. The number of amides is 1. The smallest absolute Gasteiger partial charge is 0.355 e. The molecule has 4 saturated carbocycles. The van der Waals surface area contributed by atoms with Crippen molar-refractivity contribution in [2.45, 2.75) is 56.8 Å². The summed E-state index contributed by atoms with van der Waals surface area (Å²) in [5.74, 6) is -5.06. The molecule has 0 spiro atoms. The van der Waals surface area contributed by atoms with Crippen molar-refractivity contribution in [1.29, 1.82) is 0 Å². The van der Waals surface area contributed by atoms with Gasteiger partial charge in [0.15, 0.2) is 0 Å². The number of carbonyl (C=O) groups excluding carboxylic acids is 1. The maximum atomic E-state index is 14.8. The largest absolute Gasteiger partial charge is 0.425 e. The molecule has 10 heteroatoms. The fraction of sp³-hybridized carbons (Fsp3) is 0.944. The van der Waals surface area contributed by atoms with Crippen molar-refractivity contribution in [2.24, 2.45) is 28.6 Å². The van der Waals surface area contributed by atoms with Gasteiger partial charge in [0.2, 0.25) is 5.91 Å². The lowest BCUT2D eigenvalue weighted by Crippen LogP contribution is -2.65. The predicted octanol–water partition coefficient (Wildman–Crippen LogP) is 3.87. The first kappa shape index (κ1) is 22.0. The van der Waals surface area contributed by atoms with E-state index < -0.39 is 29.1 Å². The fourth-order valence-corrected chi connectivity index (χ4v) is 6.31. The third-order valence-electron chi connectivity index (χ3n) is 7.27. The van der Waals surface area contributed by atoms with Crippen molar-refractivity contribution >= 4 is 18.3 Å². The monoisotopic (exact) mass is 434 g/mol. The number of hydrogen-bond acceptors (Lipinski definition) is 2. The molecular weight excluding hydrogens is 410 g/mol. The van der Waals surface area contributed by atoms with Crippen molar-refractivity contribution in [3.63, 3.8) is 0 Å². The molecule has 1 saturated heterocycles. The van der Waals surface area contributed by atoms with Crippen LogP contribution in [-0.4, -0.2) is 43.8 Å². The highest BCUT2D eigenvalue weighted by atomic mass is 35.5. The quantitative estimate of drug-likeness (QED) is 0.645. The Morgan fingerprint density at radius 3 is 2.11 bits per heavy atom. The molecule has 162 valence electrons. The van der Waals surface area contributed by atoms with Gasteiger partial charge in [-0.25, -0.2) is 13.2 Å². The molecule has 1 heterocycles. The molecular formula is C18H25ClF6N2O. The number of carbonyl (C=O) groups is 1. The lowest BCUT2D eigenvalue weighted by molar-refractivity contribution is -0.305. The van der Waals surface area contributed by atoms with Crippen LogP contribution in [0.1, 0.15) is 38.5 Å². The number of halogens is 7. The summed E-state index contributed by atoms with van der Waals surface area (Å²) in [5, 5.41) is 5.90. The SMILES string of the molecule is Cl.O=C(NCC1CNC1)C12CC3CC(C1)CC(C(F)(F)C(F)C(F)(F)F)(C3)C2. The number of alkyl halides is 6. The Morgan fingerprint density at radius 1 is 1.07 bits per heavy atom. The van der Waals surface area contributed by atoms with Crippen LogP contribution in [0.2, 0.25) is 0 Å². The van der Waals surface area contributed by atoms with Gasteiger partial charge in [-0.1, -0.05) is 0 Å². The zero-order valence-electron chi connectivity index (χ0n) is 15.3. The van der Waals surface area contributed by atoms with E-state index in [1.807, 2.05) is 0 Å². The Hall–Kier alpha value is -0.700. The zero-order valence-corrected chi connectivity index (χ0v) is 16.1. The Labute approximate surface area is 165 Å². The maximum absolute atomic E-state index is 14.8. The summed E-state index contributed by atoms with van der Waals surface area (Å²) >= 11 is 0. The van der Waals surface area contributed by atoms with Crippen molar-refractivity contribution < 1.29 is 31.1 Å².